The van der Waals surface area contributed by atoms with E-state index in [-0.39, 0.29) is 24.0 Å². The Kier molecular flexibility index (Phi) is 7.32. The van der Waals surface area contributed by atoms with E-state index in [1.54, 1.807) is 0 Å². The van der Waals surface area contributed by atoms with Crippen LogP contribution in [0.25, 0.3) is 0 Å². The van der Waals surface area contributed by atoms with E-state index in [1.807, 2.05) is 17.9 Å². The lowest BCUT2D eigenvalue weighted by molar-refractivity contribution is 0.412. The fraction of sp³-hybridized carbons (Fsp3) is 0.714. The molecule has 5 nitrogen and oxygen atoms in total. The number of nitrogens with two attached hydrogens (primary N) is 1. The summed E-state index contributed by atoms with van der Waals surface area (Å²) < 4.78 is 1.84. The van der Waals surface area contributed by atoms with E-state index in [0.29, 0.717) is 18.5 Å². The first-order valence-corrected chi connectivity index (χ1v) is 7.27. The van der Waals surface area contributed by atoms with Gasteiger partial charge in [-0.3, -0.25) is 4.68 Å². The molecule has 6 heteroatoms. The second-order valence-electron chi connectivity index (χ2n) is 5.31. The first-order chi connectivity index (χ1) is 9.19. The van der Waals surface area contributed by atoms with Crippen LogP contribution in [0.1, 0.15) is 50.3 Å². The van der Waals surface area contributed by atoms with Crippen LogP contribution in [-0.4, -0.2) is 21.8 Å². The number of guanidine groups is 1. The van der Waals surface area contributed by atoms with Gasteiger partial charge in [-0.25, -0.2) is 4.99 Å². The van der Waals surface area contributed by atoms with Gasteiger partial charge in [-0.15, -0.1) is 24.0 Å². The molecule has 0 radical (unpaired) electrons. The molecule has 0 amide bonds. The molecule has 1 saturated carbocycles. The fourth-order valence-corrected chi connectivity index (χ4v) is 2.69. The maximum absolute atomic E-state index is 5.96. The van der Waals surface area contributed by atoms with Crippen molar-refractivity contribution in [2.75, 3.05) is 0 Å². The Morgan fingerprint density at radius 1 is 1.45 bits per heavy atom. The van der Waals surface area contributed by atoms with Gasteiger partial charge in [-0.1, -0.05) is 26.2 Å². The number of nitrogens with zero attached hydrogens (tertiary/aromatic N) is 3. The fourth-order valence-electron chi connectivity index (χ4n) is 2.69. The largest absolute Gasteiger partial charge is 0.370 e. The van der Waals surface area contributed by atoms with Crippen LogP contribution in [0, 0.1) is 0 Å². The molecule has 0 spiro atoms. The molecule has 3 N–H and O–H groups in total. The van der Waals surface area contributed by atoms with E-state index in [1.165, 1.54) is 37.7 Å². The standard InChI is InChI=1S/C14H25N5.HI/c1-3-13-11(10-19(2)18-13)9-16-14(15)17-12-7-5-4-6-8-12;/h10,12H,3-9H2,1-2H3,(H3,15,16,17);1H. The zero-order chi connectivity index (χ0) is 13.7. The zero-order valence-corrected chi connectivity index (χ0v) is 14.8. The van der Waals surface area contributed by atoms with Crippen LogP contribution in [0.5, 0.6) is 0 Å². The van der Waals surface area contributed by atoms with Crippen LogP contribution < -0.4 is 11.1 Å². The lowest BCUT2D eigenvalue weighted by Crippen LogP contribution is -2.41. The predicted octanol–water partition coefficient (Wildman–Crippen LogP) is 2.34. The minimum atomic E-state index is 0. The predicted molar refractivity (Wildman–Crippen MR) is 93.3 cm³/mol. The Morgan fingerprint density at radius 2 is 2.15 bits per heavy atom. The molecule has 1 aromatic heterocycles. The van der Waals surface area contributed by atoms with E-state index in [0.717, 1.165) is 12.1 Å². The van der Waals surface area contributed by atoms with Gasteiger partial charge in [0, 0.05) is 24.8 Å². The first kappa shape index (κ1) is 17.3. The minimum Gasteiger partial charge on any atom is -0.370 e. The SMILES string of the molecule is CCc1nn(C)cc1CN=C(N)NC1CCCCC1.I. The summed E-state index contributed by atoms with van der Waals surface area (Å²) in [6.07, 6.45) is 9.33. The molecule has 0 unspecified atom stereocenters. The van der Waals surface area contributed by atoms with E-state index in [4.69, 9.17) is 5.73 Å². The molecule has 0 aliphatic heterocycles. The Bertz CT molecular complexity index is 435. The number of aryl methyl sites for hydroxylation is 2. The summed E-state index contributed by atoms with van der Waals surface area (Å²) in [5, 5.41) is 7.74. The van der Waals surface area contributed by atoms with Crippen molar-refractivity contribution in [2.45, 2.75) is 58.0 Å². The summed E-state index contributed by atoms with van der Waals surface area (Å²) in [4.78, 5) is 4.44. The molecule has 20 heavy (non-hydrogen) atoms. The molecular formula is C14H26IN5. The maximum atomic E-state index is 5.96. The van der Waals surface area contributed by atoms with Gasteiger partial charge in [0.05, 0.1) is 12.2 Å². The molecule has 1 aliphatic rings. The molecule has 1 heterocycles. The van der Waals surface area contributed by atoms with E-state index in [9.17, 15) is 0 Å². The first-order valence-electron chi connectivity index (χ1n) is 7.27. The number of rotatable bonds is 4. The summed E-state index contributed by atoms with van der Waals surface area (Å²) in [6, 6.07) is 0.511. The van der Waals surface area contributed by atoms with Crippen LogP contribution in [-0.2, 0) is 20.0 Å². The second-order valence-corrected chi connectivity index (χ2v) is 5.31. The number of hydrogen-bond donors (Lipinski definition) is 2. The smallest absolute Gasteiger partial charge is 0.189 e. The van der Waals surface area contributed by atoms with Gasteiger partial charge >= 0.3 is 0 Å². The Morgan fingerprint density at radius 3 is 2.80 bits per heavy atom. The van der Waals surface area contributed by atoms with Crippen LogP contribution >= 0.6 is 24.0 Å². The van der Waals surface area contributed by atoms with Crippen LogP contribution in [0.15, 0.2) is 11.2 Å². The molecule has 114 valence electrons. The van der Waals surface area contributed by atoms with Gasteiger partial charge in [0.15, 0.2) is 5.96 Å². The lowest BCUT2D eigenvalue weighted by atomic mass is 9.96. The van der Waals surface area contributed by atoms with Crippen LogP contribution in [0.4, 0.5) is 0 Å². The molecular weight excluding hydrogens is 365 g/mol. The summed E-state index contributed by atoms with van der Waals surface area (Å²) in [5.41, 5.74) is 8.24. The third-order valence-electron chi connectivity index (χ3n) is 3.70. The maximum Gasteiger partial charge on any atom is 0.189 e. The average Bonchev–Trinajstić information content (AvgIpc) is 2.78. The highest BCUT2D eigenvalue weighted by molar-refractivity contribution is 14.0. The monoisotopic (exact) mass is 391 g/mol. The van der Waals surface area contributed by atoms with E-state index in [2.05, 4.69) is 22.3 Å². The van der Waals surface area contributed by atoms with Gasteiger partial charge < -0.3 is 11.1 Å². The van der Waals surface area contributed by atoms with Crippen molar-refractivity contribution < 1.29 is 0 Å². The Labute approximate surface area is 138 Å². The highest BCUT2D eigenvalue weighted by atomic mass is 127. The second kappa shape index (κ2) is 8.49. The van der Waals surface area contributed by atoms with Gasteiger partial charge in [0.2, 0.25) is 0 Å². The highest BCUT2D eigenvalue weighted by Gasteiger charge is 2.13. The van der Waals surface area contributed by atoms with E-state index >= 15 is 0 Å². The minimum absolute atomic E-state index is 0. The average molecular weight is 391 g/mol. The molecule has 1 fully saturated rings. The Hall–Kier alpha value is -0.790. The number of aliphatic imine (C=N–C) groups is 1. The van der Waals surface area contributed by atoms with Gasteiger partial charge in [-0.2, -0.15) is 5.10 Å². The summed E-state index contributed by atoms with van der Waals surface area (Å²) in [6.45, 7) is 2.72. The van der Waals surface area contributed by atoms with Crippen molar-refractivity contribution in [3.05, 3.63) is 17.5 Å². The van der Waals surface area contributed by atoms with Crippen LogP contribution in [0.3, 0.4) is 0 Å². The van der Waals surface area contributed by atoms with Crippen molar-refractivity contribution in [3.63, 3.8) is 0 Å². The zero-order valence-electron chi connectivity index (χ0n) is 12.4. The molecule has 1 aromatic rings. The Balaban J connectivity index is 0.00000200. The van der Waals surface area contributed by atoms with Gasteiger partial charge in [-0.05, 0) is 19.3 Å². The van der Waals surface area contributed by atoms with Gasteiger partial charge in [0.1, 0.15) is 0 Å². The van der Waals surface area contributed by atoms with Crippen molar-refractivity contribution in [2.24, 2.45) is 17.8 Å². The lowest BCUT2D eigenvalue weighted by Gasteiger charge is -2.23. The molecule has 0 aromatic carbocycles. The number of aromatic nitrogens is 2. The van der Waals surface area contributed by atoms with Crippen LogP contribution in [0.2, 0.25) is 0 Å². The van der Waals surface area contributed by atoms with Gasteiger partial charge in [0.25, 0.3) is 0 Å². The summed E-state index contributed by atoms with van der Waals surface area (Å²) >= 11 is 0. The quantitative estimate of drug-likeness (QED) is 0.470. The molecule has 0 atom stereocenters. The molecule has 0 saturated heterocycles. The number of nitrogens with one attached hydrogen (secondary N) is 1. The summed E-state index contributed by atoms with van der Waals surface area (Å²) in [5.74, 6) is 0.567. The molecule has 1 aliphatic carbocycles. The summed E-state index contributed by atoms with van der Waals surface area (Å²) in [7, 11) is 1.94. The van der Waals surface area contributed by atoms with Crippen molar-refractivity contribution in [3.8, 4) is 0 Å². The molecule has 2 rings (SSSR count). The van der Waals surface area contributed by atoms with Crippen molar-refractivity contribution in [1.29, 1.82) is 0 Å². The third kappa shape index (κ3) is 4.96. The topological polar surface area (TPSA) is 68.2 Å². The van der Waals surface area contributed by atoms with Crippen molar-refractivity contribution in [1.82, 2.24) is 15.1 Å². The third-order valence-corrected chi connectivity index (χ3v) is 3.70. The number of hydrogen-bond acceptors (Lipinski definition) is 2. The number of halogens is 1. The van der Waals surface area contributed by atoms with E-state index < -0.39 is 0 Å². The van der Waals surface area contributed by atoms with Crippen molar-refractivity contribution >= 4 is 29.9 Å². The molecule has 0 bridgehead atoms. The normalized spacial score (nSPS) is 16.8. The highest BCUT2D eigenvalue weighted by Crippen LogP contribution is 2.17.